The number of benzene rings is 1. The van der Waals surface area contributed by atoms with Crippen LogP contribution < -0.4 is 0 Å². The Labute approximate surface area is 125 Å². The number of aryl methyl sites for hydroxylation is 2. The molecule has 1 aliphatic heterocycles. The van der Waals surface area contributed by atoms with Gasteiger partial charge in [0.05, 0.1) is 12.2 Å². The Hall–Kier alpha value is -1.84. The third-order valence-corrected chi connectivity index (χ3v) is 4.13. The van der Waals surface area contributed by atoms with Crippen molar-refractivity contribution >= 4 is 11.9 Å². The third-order valence-electron chi connectivity index (χ3n) is 4.13. The molecule has 1 aromatic carbocycles. The van der Waals surface area contributed by atoms with E-state index in [-0.39, 0.29) is 17.8 Å². The maximum atomic E-state index is 12.1. The van der Waals surface area contributed by atoms with E-state index in [1.807, 2.05) is 36.9 Å². The molecule has 0 radical (unpaired) electrons. The number of ether oxygens (including phenoxy) is 1. The van der Waals surface area contributed by atoms with E-state index in [1.54, 1.807) is 0 Å². The normalized spacial score (nSPS) is 21.7. The number of hydrogen-bond acceptors (Lipinski definition) is 3. The van der Waals surface area contributed by atoms with Crippen molar-refractivity contribution in [3.63, 3.8) is 0 Å². The zero-order chi connectivity index (χ0) is 15.0. The maximum absolute atomic E-state index is 12.1. The third kappa shape index (κ3) is 3.26. The first kappa shape index (κ1) is 14.1. The van der Waals surface area contributed by atoms with Gasteiger partial charge in [-0.1, -0.05) is 17.2 Å². The monoisotopic (exact) mass is 287 g/mol. The van der Waals surface area contributed by atoms with Crippen LogP contribution in [-0.2, 0) is 9.53 Å². The van der Waals surface area contributed by atoms with Crippen molar-refractivity contribution in [2.24, 2.45) is 5.92 Å². The van der Waals surface area contributed by atoms with Crippen LogP contribution in [0.4, 0.5) is 0 Å². The molecule has 2 fully saturated rings. The molecule has 1 aromatic rings. The Morgan fingerprint density at radius 3 is 2.52 bits per heavy atom. The molecule has 3 rings (SSSR count). The fourth-order valence-corrected chi connectivity index (χ4v) is 3.03. The van der Waals surface area contributed by atoms with Gasteiger partial charge < -0.3 is 9.64 Å². The SMILES string of the molecule is Cc1cc(C)cc(C(=O)OC[C@H]2CC(=O)N(C3CC3)C2)c1. The molecule has 0 aromatic heterocycles. The Bertz CT molecular complexity index is 557. The standard InChI is InChI=1S/C17H21NO3/c1-11-5-12(2)7-14(6-11)17(20)21-10-13-8-16(19)18(9-13)15-3-4-15/h5-7,13,15H,3-4,8-10H2,1-2H3/t13-/m0/s1. The highest BCUT2D eigenvalue weighted by Gasteiger charge is 2.39. The quantitative estimate of drug-likeness (QED) is 0.799. The molecule has 4 nitrogen and oxygen atoms in total. The van der Waals surface area contributed by atoms with Crippen molar-refractivity contribution in [1.29, 1.82) is 0 Å². The summed E-state index contributed by atoms with van der Waals surface area (Å²) in [4.78, 5) is 25.9. The number of carbonyl (C=O) groups excluding carboxylic acids is 2. The average Bonchev–Trinajstić information content (AvgIpc) is 3.19. The largest absolute Gasteiger partial charge is 0.462 e. The summed E-state index contributed by atoms with van der Waals surface area (Å²) in [6.45, 7) is 5.00. The summed E-state index contributed by atoms with van der Waals surface area (Å²) in [5.74, 6) is 0.0667. The van der Waals surface area contributed by atoms with Crippen LogP contribution in [0, 0.1) is 19.8 Å². The Morgan fingerprint density at radius 2 is 1.90 bits per heavy atom. The highest BCUT2D eigenvalue weighted by Crippen LogP contribution is 2.32. The fourth-order valence-electron chi connectivity index (χ4n) is 3.03. The van der Waals surface area contributed by atoms with Crippen LogP contribution in [-0.4, -0.2) is 36.0 Å². The van der Waals surface area contributed by atoms with Gasteiger partial charge in [-0.15, -0.1) is 0 Å². The van der Waals surface area contributed by atoms with Crippen LogP contribution in [0.1, 0.15) is 40.7 Å². The minimum absolute atomic E-state index is 0.146. The van der Waals surface area contributed by atoms with Gasteiger partial charge in [-0.05, 0) is 38.8 Å². The summed E-state index contributed by atoms with van der Waals surface area (Å²) in [5.41, 5.74) is 2.70. The number of hydrogen-bond donors (Lipinski definition) is 0. The number of likely N-dealkylation sites (tertiary alicyclic amines) is 1. The van der Waals surface area contributed by atoms with E-state index < -0.39 is 0 Å². The zero-order valence-electron chi connectivity index (χ0n) is 12.6. The second-order valence-corrected chi connectivity index (χ2v) is 6.32. The molecule has 0 bridgehead atoms. The summed E-state index contributed by atoms with van der Waals surface area (Å²) in [5, 5.41) is 0. The molecule has 0 unspecified atom stereocenters. The smallest absolute Gasteiger partial charge is 0.338 e. The van der Waals surface area contributed by atoms with Crippen molar-refractivity contribution < 1.29 is 14.3 Å². The van der Waals surface area contributed by atoms with E-state index in [2.05, 4.69) is 0 Å². The highest BCUT2D eigenvalue weighted by atomic mass is 16.5. The van der Waals surface area contributed by atoms with Gasteiger partial charge in [0.25, 0.3) is 0 Å². The van der Waals surface area contributed by atoms with Gasteiger partial charge in [0, 0.05) is 24.9 Å². The molecular formula is C17H21NO3. The molecule has 1 aliphatic carbocycles. The van der Waals surface area contributed by atoms with Crippen molar-refractivity contribution in [2.75, 3.05) is 13.2 Å². The van der Waals surface area contributed by atoms with Crippen molar-refractivity contribution in [2.45, 2.75) is 39.2 Å². The lowest BCUT2D eigenvalue weighted by molar-refractivity contribution is -0.128. The first-order valence-electron chi connectivity index (χ1n) is 7.58. The topological polar surface area (TPSA) is 46.6 Å². The highest BCUT2D eigenvalue weighted by molar-refractivity contribution is 5.90. The van der Waals surface area contributed by atoms with Crippen LogP contribution >= 0.6 is 0 Å². The molecule has 1 saturated carbocycles. The summed E-state index contributed by atoms with van der Waals surface area (Å²) in [7, 11) is 0. The second-order valence-electron chi connectivity index (χ2n) is 6.32. The number of esters is 1. The molecule has 0 N–H and O–H groups in total. The Morgan fingerprint density at radius 1 is 1.24 bits per heavy atom. The second kappa shape index (κ2) is 5.51. The van der Waals surface area contributed by atoms with Gasteiger partial charge in [-0.2, -0.15) is 0 Å². The van der Waals surface area contributed by atoms with Crippen LogP contribution in [0.2, 0.25) is 0 Å². The van der Waals surface area contributed by atoms with Gasteiger partial charge in [0.2, 0.25) is 5.91 Å². The lowest BCUT2D eigenvalue weighted by atomic mass is 10.1. The molecule has 1 heterocycles. The van der Waals surface area contributed by atoms with E-state index >= 15 is 0 Å². The molecule has 1 saturated heterocycles. The van der Waals surface area contributed by atoms with Crippen LogP contribution in [0.15, 0.2) is 18.2 Å². The lowest BCUT2D eigenvalue weighted by Gasteiger charge is -2.15. The van der Waals surface area contributed by atoms with Gasteiger partial charge in [0.15, 0.2) is 0 Å². The van der Waals surface area contributed by atoms with E-state index in [4.69, 9.17) is 4.74 Å². The van der Waals surface area contributed by atoms with E-state index in [9.17, 15) is 9.59 Å². The Balaban J connectivity index is 1.55. The van der Waals surface area contributed by atoms with Crippen molar-refractivity contribution in [1.82, 2.24) is 4.90 Å². The fraction of sp³-hybridized carbons (Fsp3) is 0.529. The molecule has 21 heavy (non-hydrogen) atoms. The zero-order valence-corrected chi connectivity index (χ0v) is 12.6. The van der Waals surface area contributed by atoms with Gasteiger partial charge in [-0.3, -0.25) is 4.79 Å². The van der Waals surface area contributed by atoms with Crippen molar-refractivity contribution in [3.05, 3.63) is 34.9 Å². The minimum atomic E-state index is -0.292. The van der Waals surface area contributed by atoms with E-state index in [1.165, 1.54) is 0 Å². The van der Waals surface area contributed by atoms with E-state index in [0.29, 0.717) is 24.6 Å². The first-order valence-corrected chi connectivity index (χ1v) is 7.58. The molecular weight excluding hydrogens is 266 g/mol. The average molecular weight is 287 g/mol. The predicted octanol–water partition coefficient (Wildman–Crippen LogP) is 2.47. The van der Waals surface area contributed by atoms with Gasteiger partial charge >= 0.3 is 5.97 Å². The first-order chi connectivity index (χ1) is 10.0. The number of amides is 1. The van der Waals surface area contributed by atoms with Crippen molar-refractivity contribution in [3.8, 4) is 0 Å². The van der Waals surface area contributed by atoms with E-state index in [0.717, 1.165) is 30.5 Å². The molecule has 1 amide bonds. The summed E-state index contributed by atoms with van der Waals surface area (Å²) >= 11 is 0. The summed E-state index contributed by atoms with van der Waals surface area (Å²) in [6, 6.07) is 6.16. The summed E-state index contributed by atoms with van der Waals surface area (Å²) < 4.78 is 5.40. The number of rotatable bonds is 4. The molecule has 112 valence electrons. The lowest BCUT2D eigenvalue weighted by Crippen LogP contribution is -2.27. The Kier molecular flexibility index (Phi) is 3.70. The molecule has 4 heteroatoms. The van der Waals surface area contributed by atoms with Gasteiger partial charge in [-0.25, -0.2) is 4.79 Å². The number of nitrogens with zero attached hydrogens (tertiary/aromatic N) is 1. The summed E-state index contributed by atoms with van der Waals surface area (Å²) in [6.07, 6.45) is 2.76. The maximum Gasteiger partial charge on any atom is 0.338 e. The van der Waals surface area contributed by atoms with Crippen LogP contribution in [0.3, 0.4) is 0 Å². The predicted molar refractivity (Wildman–Crippen MR) is 79.0 cm³/mol. The van der Waals surface area contributed by atoms with Crippen LogP contribution in [0.25, 0.3) is 0 Å². The number of carbonyl (C=O) groups is 2. The molecule has 1 atom stereocenters. The molecule has 2 aliphatic rings. The molecule has 0 spiro atoms. The minimum Gasteiger partial charge on any atom is -0.462 e. The van der Waals surface area contributed by atoms with Gasteiger partial charge in [0.1, 0.15) is 0 Å². The van der Waals surface area contributed by atoms with Crippen LogP contribution in [0.5, 0.6) is 0 Å².